The van der Waals surface area contributed by atoms with Crippen molar-refractivity contribution < 1.29 is 9.21 Å². The molecule has 0 spiro atoms. The Balaban J connectivity index is 1.51. The van der Waals surface area contributed by atoms with Crippen LogP contribution in [0.2, 0.25) is 0 Å². The first-order chi connectivity index (χ1) is 14.6. The minimum atomic E-state index is -0.101. The van der Waals surface area contributed by atoms with E-state index in [0.717, 1.165) is 32.9 Å². The number of furan rings is 1. The molecule has 1 amide bonds. The zero-order chi connectivity index (χ0) is 20.9. The Morgan fingerprint density at radius 3 is 2.70 bits per heavy atom. The molecule has 0 bridgehead atoms. The number of benzene rings is 2. The third kappa shape index (κ3) is 4.83. The van der Waals surface area contributed by atoms with Crippen LogP contribution in [-0.2, 0) is 11.3 Å². The van der Waals surface area contributed by atoms with Gasteiger partial charge in [0.1, 0.15) is 5.76 Å². The minimum Gasteiger partial charge on any atom is -0.467 e. The summed E-state index contributed by atoms with van der Waals surface area (Å²) >= 11 is 4.81. The fourth-order valence-electron chi connectivity index (χ4n) is 2.95. The van der Waals surface area contributed by atoms with Crippen LogP contribution in [0.4, 0.5) is 5.69 Å². The predicted molar refractivity (Wildman–Crippen MR) is 122 cm³/mol. The molecule has 1 N–H and O–H groups in total. The number of carbonyl (C=O) groups is 1. The molecule has 0 aliphatic carbocycles. The number of hydrogen-bond donors (Lipinski definition) is 1. The lowest BCUT2D eigenvalue weighted by Gasteiger charge is -2.09. The van der Waals surface area contributed by atoms with E-state index in [4.69, 9.17) is 4.42 Å². The molecule has 0 radical (unpaired) electrons. The smallest absolute Gasteiger partial charge is 0.234 e. The van der Waals surface area contributed by atoms with E-state index in [2.05, 4.69) is 31.4 Å². The van der Waals surface area contributed by atoms with Crippen LogP contribution in [0, 0.1) is 6.92 Å². The van der Waals surface area contributed by atoms with Crippen LogP contribution in [0.25, 0.3) is 11.4 Å². The lowest BCUT2D eigenvalue weighted by Crippen LogP contribution is -2.15. The van der Waals surface area contributed by atoms with Gasteiger partial charge in [0.05, 0.1) is 18.6 Å². The maximum absolute atomic E-state index is 12.5. The van der Waals surface area contributed by atoms with Crippen LogP contribution >= 0.6 is 27.7 Å². The number of rotatable bonds is 7. The van der Waals surface area contributed by atoms with E-state index in [1.807, 2.05) is 72.2 Å². The summed E-state index contributed by atoms with van der Waals surface area (Å²) in [7, 11) is 0. The van der Waals surface area contributed by atoms with Crippen molar-refractivity contribution in [2.75, 3.05) is 11.1 Å². The quantitative estimate of drug-likeness (QED) is 0.357. The van der Waals surface area contributed by atoms with Crippen molar-refractivity contribution in [2.24, 2.45) is 0 Å². The fourth-order valence-corrected chi connectivity index (χ4v) is 3.93. The number of hydrogen-bond acceptors (Lipinski definition) is 5. The molecule has 2 aromatic carbocycles. The predicted octanol–water partition coefficient (Wildman–Crippen LogP) is 5.39. The van der Waals surface area contributed by atoms with E-state index in [1.165, 1.54) is 11.8 Å². The van der Waals surface area contributed by atoms with Crippen molar-refractivity contribution in [2.45, 2.75) is 18.6 Å². The van der Waals surface area contributed by atoms with Gasteiger partial charge in [-0.3, -0.25) is 9.36 Å². The lowest BCUT2D eigenvalue weighted by atomic mass is 10.2. The van der Waals surface area contributed by atoms with Crippen LogP contribution < -0.4 is 5.32 Å². The zero-order valence-corrected chi connectivity index (χ0v) is 18.6. The van der Waals surface area contributed by atoms with Crippen molar-refractivity contribution in [1.82, 2.24) is 14.8 Å². The molecule has 8 heteroatoms. The van der Waals surface area contributed by atoms with Gasteiger partial charge < -0.3 is 9.73 Å². The molecule has 152 valence electrons. The van der Waals surface area contributed by atoms with Gasteiger partial charge in [-0.1, -0.05) is 58.0 Å². The van der Waals surface area contributed by atoms with Gasteiger partial charge in [-0.25, -0.2) is 0 Å². The molecule has 0 unspecified atom stereocenters. The monoisotopic (exact) mass is 482 g/mol. The van der Waals surface area contributed by atoms with Crippen molar-refractivity contribution in [3.8, 4) is 11.4 Å². The number of amides is 1. The number of nitrogens with one attached hydrogen (secondary N) is 1. The Bertz CT molecular complexity index is 1140. The molecule has 4 rings (SSSR count). The van der Waals surface area contributed by atoms with Gasteiger partial charge in [-0.15, -0.1) is 10.2 Å². The van der Waals surface area contributed by atoms with E-state index in [-0.39, 0.29) is 11.7 Å². The van der Waals surface area contributed by atoms with Gasteiger partial charge in [0.25, 0.3) is 0 Å². The maximum atomic E-state index is 12.5. The summed E-state index contributed by atoms with van der Waals surface area (Å²) in [5.74, 6) is 1.65. The lowest BCUT2D eigenvalue weighted by molar-refractivity contribution is -0.113. The summed E-state index contributed by atoms with van der Waals surface area (Å²) in [5.41, 5.74) is 2.78. The molecule has 4 aromatic rings. The van der Waals surface area contributed by atoms with Crippen molar-refractivity contribution in [3.05, 3.63) is 82.7 Å². The molecule has 6 nitrogen and oxygen atoms in total. The van der Waals surface area contributed by atoms with Crippen molar-refractivity contribution in [3.63, 3.8) is 0 Å². The summed E-state index contributed by atoms with van der Waals surface area (Å²) in [5, 5.41) is 12.3. The summed E-state index contributed by atoms with van der Waals surface area (Å²) in [6.07, 6.45) is 1.64. The Morgan fingerprint density at radius 2 is 1.97 bits per heavy atom. The van der Waals surface area contributed by atoms with Gasteiger partial charge in [-0.2, -0.15) is 0 Å². The summed E-state index contributed by atoms with van der Waals surface area (Å²) < 4.78 is 8.49. The summed E-state index contributed by atoms with van der Waals surface area (Å²) in [6.45, 7) is 2.47. The SMILES string of the molecule is Cc1cc(NC(=O)CSc2nnc(-c3ccccc3)n2Cc2ccco2)ccc1Br. The molecule has 0 fully saturated rings. The molecule has 2 aromatic heterocycles. The Labute approximate surface area is 186 Å². The molecule has 0 saturated heterocycles. The second kappa shape index (κ2) is 9.32. The van der Waals surface area contributed by atoms with Crippen LogP contribution in [-0.4, -0.2) is 26.4 Å². The summed E-state index contributed by atoms with van der Waals surface area (Å²) in [4.78, 5) is 12.5. The number of anilines is 1. The van der Waals surface area contributed by atoms with E-state index in [1.54, 1.807) is 6.26 Å². The second-order valence-electron chi connectivity index (χ2n) is 6.64. The van der Waals surface area contributed by atoms with E-state index in [9.17, 15) is 4.79 Å². The molecule has 0 atom stereocenters. The molecular weight excluding hydrogens is 464 g/mol. The van der Waals surface area contributed by atoms with E-state index >= 15 is 0 Å². The standard InChI is InChI=1S/C22H19BrN4O2S/c1-15-12-17(9-10-19(15)23)24-20(28)14-30-22-26-25-21(16-6-3-2-4-7-16)27(22)13-18-8-5-11-29-18/h2-12H,13-14H2,1H3,(H,24,28). The van der Waals surface area contributed by atoms with Gasteiger partial charge in [0, 0.05) is 15.7 Å². The van der Waals surface area contributed by atoms with Gasteiger partial charge in [-0.05, 0) is 42.8 Å². The number of thioether (sulfide) groups is 1. The van der Waals surface area contributed by atoms with Crippen LogP contribution in [0.1, 0.15) is 11.3 Å². The highest BCUT2D eigenvalue weighted by Crippen LogP contribution is 2.26. The average molecular weight is 483 g/mol. The molecule has 2 heterocycles. The number of aromatic nitrogens is 3. The Morgan fingerprint density at radius 1 is 1.13 bits per heavy atom. The largest absolute Gasteiger partial charge is 0.467 e. The first-order valence-electron chi connectivity index (χ1n) is 9.30. The minimum absolute atomic E-state index is 0.101. The van der Waals surface area contributed by atoms with Crippen molar-refractivity contribution in [1.29, 1.82) is 0 Å². The zero-order valence-electron chi connectivity index (χ0n) is 16.2. The van der Waals surface area contributed by atoms with Crippen LogP contribution in [0.3, 0.4) is 0 Å². The molecule has 0 aliphatic rings. The van der Waals surface area contributed by atoms with Crippen molar-refractivity contribution >= 4 is 39.3 Å². The summed E-state index contributed by atoms with van der Waals surface area (Å²) in [6, 6.07) is 19.3. The highest BCUT2D eigenvalue weighted by Gasteiger charge is 2.17. The third-order valence-electron chi connectivity index (χ3n) is 4.42. The van der Waals surface area contributed by atoms with Gasteiger partial charge in [0.15, 0.2) is 11.0 Å². The first-order valence-corrected chi connectivity index (χ1v) is 11.1. The first kappa shape index (κ1) is 20.4. The second-order valence-corrected chi connectivity index (χ2v) is 8.44. The number of nitrogens with zero attached hydrogens (tertiary/aromatic N) is 3. The Kier molecular flexibility index (Phi) is 6.35. The van der Waals surface area contributed by atoms with Crippen LogP contribution in [0.5, 0.6) is 0 Å². The topological polar surface area (TPSA) is 73.0 Å². The number of halogens is 1. The van der Waals surface area contributed by atoms with Gasteiger partial charge >= 0.3 is 0 Å². The third-order valence-corrected chi connectivity index (χ3v) is 6.27. The number of carbonyl (C=O) groups excluding carboxylic acids is 1. The van der Waals surface area contributed by atoms with E-state index in [0.29, 0.717) is 11.7 Å². The Hall–Kier alpha value is -2.84. The number of aryl methyl sites for hydroxylation is 1. The highest BCUT2D eigenvalue weighted by molar-refractivity contribution is 9.10. The fraction of sp³-hybridized carbons (Fsp3) is 0.136. The highest BCUT2D eigenvalue weighted by atomic mass is 79.9. The normalized spacial score (nSPS) is 10.9. The molecule has 30 heavy (non-hydrogen) atoms. The van der Waals surface area contributed by atoms with Crippen LogP contribution in [0.15, 0.2) is 81.0 Å². The van der Waals surface area contributed by atoms with E-state index < -0.39 is 0 Å². The van der Waals surface area contributed by atoms with Gasteiger partial charge in [0.2, 0.25) is 5.91 Å². The molecule has 0 aliphatic heterocycles. The molecule has 0 saturated carbocycles. The molecular formula is C22H19BrN4O2S. The average Bonchev–Trinajstić information content (AvgIpc) is 3.40. The maximum Gasteiger partial charge on any atom is 0.234 e.